The quantitative estimate of drug-likeness (QED) is 0.509. The highest BCUT2D eigenvalue weighted by atomic mass is 16.5. The van der Waals surface area contributed by atoms with Gasteiger partial charge in [-0.15, -0.1) is 0 Å². The molecule has 2 heterocycles. The van der Waals surface area contributed by atoms with Crippen LogP contribution >= 0.6 is 0 Å². The minimum atomic E-state index is -0.962. The molecule has 0 saturated heterocycles. The van der Waals surface area contributed by atoms with Gasteiger partial charge in [0.1, 0.15) is 18.5 Å². The number of rotatable bonds is 8. The third kappa shape index (κ3) is 5.57. The minimum absolute atomic E-state index is 0.0192. The first-order valence-electron chi connectivity index (χ1n) is 11.9. The maximum Gasteiger partial charge on any atom is 0.261 e. The Morgan fingerprint density at radius 2 is 1.86 bits per heavy atom. The van der Waals surface area contributed by atoms with Crippen LogP contribution in [0.2, 0.25) is 0 Å². The standard InChI is InChI=1S/C26H31N3O6/c1-33-21-8-7-9-22(34-2)24(21)35-16-18(30)15-27-25(31)17-11-12-19-20(14-17)28-23-10-5-3-4-6-13-29(23)26(19)32/h7-9,11-12,14,18,30H,3-6,10,13,15-16H2,1-2H3,(H,27,31). The Morgan fingerprint density at radius 3 is 2.60 bits per heavy atom. The molecule has 1 aliphatic heterocycles. The molecule has 0 radical (unpaired) electrons. The number of aryl methyl sites for hydroxylation is 1. The summed E-state index contributed by atoms with van der Waals surface area (Å²) in [6.45, 7) is 0.591. The Hall–Kier alpha value is -3.59. The van der Waals surface area contributed by atoms with Crippen molar-refractivity contribution in [3.8, 4) is 17.2 Å². The van der Waals surface area contributed by atoms with Crippen molar-refractivity contribution in [3.05, 3.63) is 58.1 Å². The van der Waals surface area contributed by atoms with Crippen LogP contribution in [0.4, 0.5) is 0 Å². The summed E-state index contributed by atoms with van der Waals surface area (Å²) in [5.74, 6) is 1.75. The summed E-state index contributed by atoms with van der Waals surface area (Å²) in [6.07, 6.45) is 4.01. The summed E-state index contributed by atoms with van der Waals surface area (Å²) in [5, 5.41) is 13.6. The lowest BCUT2D eigenvalue weighted by Gasteiger charge is -2.17. The van der Waals surface area contributed by atoms with Crippen LogP contribution in [0.25, 0.3) is 10.9 Å². The lowest BCUT2D eigenvalue weighted by molar-refractivity contribution is 0.0834. The van der Waals surface area contributed by atoms with Gasteiger partial charge in [-0.2, -0.15) is 0 Å². The van der Waals surface area contributed by atoms with Crippen molar-refractivity contribution in [2.24, 2.45) is 0 Å². The van der Waals surface area contributed by atoms with E-state index in [9.17, 15) is 14.7 Å². The molecule has 0 aliphatic carbocycles. The van der Waals surface area contributed by atoms with Crippen LogP contribution in [0.15, 0.2) is 41.2 Å². The molecule has 1 unspecified atom stereocenters. The van der Waals surface area contributed by atoms with Crippen LogP contribution in [-0.2, 0) is 13.0 Å². The maximum atomic E-state index is 13.0. The molecule has 0 saturated carbocycles. The molecule has 1 atom stereocenters. The van der Waals surface area contributed by atoms with Crippen molar-refractivity contribution in [3.63, 3.8) is 0 Å². The number of nitrogens with one attached hydrogen (secondary N) is 1. The van der Waals surface area contributed by atoms with Gasteiger partial charge in [0.25, 0.3) is 11.5 Å². The normalized spacial score (nSPS) is 14.4. The van der Waals surface area contributed by atoms with E-state index in [2.05, 4.69) is 5.32 Å². The first-order valence-corrected chi connectivity index (χ1v) is 11.9. The average molecular weight is 482 g/mol. The van der Waals surface area contributed by atoms with E-state index in [1.54, 1.807) is 41.0 Å². The topological polar surface area (TPSA) is 112 Å². The first kappa shape index (κ1) is 24.5. The van der Waals surface area contributed by atoms with Crippen molar-refractivity contribution < 1.29 is 24.1 Å². The zero-order chi connectivity index (χ0) is 24.8. The molecule has 9 heteroatoms. The van der Waals surface area contributed by atoms with Gasteiger partial charge in [-0.1, -0.05) is 18.9 Å². The molecule has 0 bridgehead atoms. The number of methoxy groups -OCH3 is 2. The number of fused-ring (bicyclic) bond motifs is 2. The minimum Gasteiger partial charge on any atom is -0.493 e. The van der Waals surface area contributed by atoms with Crippen molar-refractivity contribution in [2.45, 2.75) is 44.8 Å². The Kier molecular flexibility index (Phi) is 7.87. The van der Waals surface area contributed by atoms with E-state index in [0.29, 0.717) is 40.3 Å². The number of benzene rings is 2. The van der Waals surface area contributed by atoms with E-state index >= 15 is 0 Å². The van der Waals surface area contributed by atoms with E-state index in [4.69, 9.17) is 19.2 Å². The second-order valence-electron chi connectivity index (χ2n) is 8.55. The second kappa shape index (κ2) is 11.2. The number of carbonyl (C=O) groups excluding carboxylic acids is 1. The first-order chi connectivity index (χ1) is 17.0. The van der Waals surface area contributed by atoms with Crippen LogP contribution < -0.4 is 25.1 Å². The van der Waals surface area contributed by atoms with E-state index in [-0.39, 0.29) is 24.6 Å². The molecule has 0 fully saturated rings. The van der Waals surface area contributed by atoms with Gasteiger partial charge in [0, 0.05) is 25.1 Å². The Labute approximate surface area is 203 Å². The van der Waals surface area contributed by atoms with Crippen molar-refractivity contribution in [1.82, 2.24) is 14.9 Å². The third-order valence-corrected chi connectivity index (χ3v) is 6.13. The number of para-hydroxylation sites is 1. The van der Waals surface area contributed by atoms with Gasteiger partial charge in [-0.05, 0) is 43.2 Å². The number of aliphatic hydroxyl groups excluding tert-OH is 1. The van der Waals surface area contributed by atoms with Crippen LogP contribution in [0, 0.1) is 0 Å². The molecule has 9 nitrogen and oxygen atoms in total. The molecule has 1 aromatic heterocycles. The lowest BCUT2D eigenvalue weighted by Crippen LogP contribution is -2.35. The number of ether oxygens (including phenoxy) is 3. The molecule has 1 aliphatic rings. The van der Waals surface area contributed by atoms with Gasteiger partial charge < -0.3 is 24.6 Å². The lowest BCUT2D eigenvalue weighted by atomic mass is 10.1. The van der Waals surface area contributed by atoms with Gasteiger partial charge >= 0.3 is 0 Å². The predicted octanol–water partition coefficient (Wildman–Crippen LogP) is 2.70. The number of aromatic nitrogens is 2. The van der Waals surface area contributed by atoms with Crippen LogP contribution in [0.3, 0.4) is 0 Å². The molecule has 2 N–H and O–H groups in total. The van der Waals surface area contributed by atoms with E-state index in [1.165, 1.54) is 14.2 Å². The molecule has 35 heavy (non-hydrogen) atoms. The zero-order valence-corrected chi connectivity index (χ0v) is 20.1. The predicted molar refractivity (Wildman–Crippen MR) is 132 cm³/mol. The second-order valence-corrected chi connectivity index (χ2v) is 8.55. The van der Waals surface area contributed by atoms with Crippen molar-refractivity contribution in [2.75, 3.05) is 27.4 Å². The monoisotopic (exact) mass is 481 g/mol. The number of hydrogen-bond donors (Lipinski definition) is 2. The summed E-state index contributed by atoms with van der Waals surface area (Å²) in [7, 11) is 3.04. The van der Waals surface area contributed by atoms with Crippen LogP contribution in [0.1, 0.15) is 41.9 Å². The summed E-state index contributed by atoms with van der Waals surface area (Å²) >= 11 is 0. The Balaban J connectivity index is 1.42. The SMILES string of the molecule is COc1cccc(OC)c1OCC(O)CNC(=O)c1ccc2c(=O)n3c(nc2c1)CCCCCC3. The fourth-order valence-electron chi connectivity index (χ4n) is 4.25. The number of hydrogen-bond acceptors (Lipinski definition) is 7. The van der Waals surface area contributed by atoms with E-state index in [1.807, 2.05) is 0 Å². The Bertz CT molecular complexity index is 1230. The molecule has 1 amide bonds. The smallest absolute Gasteiger partial charge is 0.261 e. The van der Waals surface area contributed by atoms with E-state index in [0.717, 1.165) is 37.9 Å². The molecular formula is C26H31N3O6. The van der Waals surface area contributed by atoms with Crippen molar-refractivity contribution >= 4 is 16.8 Å². The van der Waals surface area contributed by atoms with Gasteiger partial charge in [0.05, 0.1) is 25.1 Å². The highest BCUT2D eigenvalue weighted by Crippen LogP contribution is 2.36. The van der Waals surface area contributed by atoms with Crippen molar-refractivity contribution in [1.29, 1.82) is 0 Å². The molecule has 3 aromatic rings. The molecular weight excluding hydrogens is 450 g/mol. The molecule has 2 aromatic carbocycles. The van der Waals surface area contributed by atoms with Crippen LogP contribution in [-0.4, -0.2) is 54.0 Å². The highest BCUT2D eigenvalue weighted by Gasteiger charge is 2.17. The van der Waals surface area contributed by atoms with Crippen LogP contribution in [0.5, 0.6) is 17.2 Å². The summed E-state index contributed by atoms with van der Waals surface area (Å²) in [6, 6.07) is 10.1. The number of aliphatic hydroxyl groups is 1. The summed E-state index contributed by atoms with van der Waals surface area (Å²) < 4.78 is 18.0. The highest BCUT2D eigenvalue weighted by molar-refractivity contribution is 5.97. The van der Waals surface area contributed by atoms with Gasteiger partial charge in [0.2, 0.25) is 5.75 Å². The summed E-state index contributed by atoms with van der Waals surface area (Å²) in [5.41, 5.74) is 0.833. The number of nitrogens with zero attached hydrogens (tertiary/aromatic N) is 2. The fourth-order valence-corrected chi connectivity index (χ4v) is 4.25. The average Bonchev–Trinajstić information content (AvgIpc) is 2.86. The zero-order valence-electron chi connectivity index (χ0n) is 20.1. The number of carbonyl (C=O) groups is 1. The van der Waals surface area contributed by atoms with Gasteiger partial charge in [-0.3, -0.25) is 14.2 Å². The third-order valence-electron chi connectivity index (χ3n) is 6.13. The van der Waals surface area contributed by atoms with Gasteiger partial charge in [-0.25, -0.2) is 4.98 Å². The molecule has 186 valence electrons. The van der Waals surface area contributed by atoms with E-state index < -0.39 is 6.10 Å². The van der Waals surface area contributed by atoms with Gasteiger partial charge in [0.15, 0.2) is 11.5 Å². The largest absolute Gasteiger partial charge is 0.493 e. The molecule has 4 rings (SSSR count). The molecule has 0 spiro atoms. The summed E-state index contributed by atoms with van der Waals surface area (Å²) in [4.78, 5) is 30.4. The Morgan fingerprint density at radius 1 is 1.11 bits per heavy atom. The maximum absolute atomic E-state index is 13.0. The fraction of sp³-hybridized carbons (Fsp3) is 0.423. The number of amides is 1.